The molecule has 116 valence electrons. The molecule has 0 aromatic carbocycles. The molecule has 3 fully saturated rings. The van der Waals surface area contributed by atoms with Crippen LogP contribution in [-0.4, -0.2) is 42.9 Å². The highest BCUT2D eigenvalue weighted by Crippen LogP contribution is 2.37. The van der Waals surface area contributed by atoms with E-state index in [4.69, 9.17) is 9.47 Å². The topological polar surface area (TPSA) is 21.7 Å². The lowest BCUT2D eigenvalue weighted by Crippen LogP contribution is -2.47. The molecule has 0 radical (unpaired) electrons. The Bertz CT molecular complexity index is 459. The summed E-state index contributed by atoms with van der Waals surface area (Å²) in [6.45, 7) is 5.13. The number of thiophene rings is 1. The van der Waals surface area contributed by atoms with E-state index in [1.807, 2.05) is 11.3 Å². The molecule has 2 saturated heterocycles. The Hall–Kier alpha value is -0.420. The molecule has 0 amide bonds. The fraction of sp³-hybridized carbons (Fsp3) is 0.765. The van der Waals surface area contributed by atoms with Gasteiger partial charge < -0.3 is 9.47 Å². The van der Waals surface area contributed by atoms with Crippen molar-refractivity contribution in [2.75, 3.05) is 26.3 Å². The van der Waals surface area contributed by atoms with E-state index in [-0.39, 0.29) is 5.60 Å². The van der Waals surface area contributed by atoms with E-state index in [0.29, 0.717) is 6.10 Å². The van der Waals surface area contributed by atoms with E-state index in [2.05, 4.69) is 22.4 Å². The summed E-state index contributed by atoms with van der Waals surface area (Å²) in [5.41, 5.74) is 0.0731. The van der Waals surface area contributed by atoms with Crippen LogP contribution in [0.15, 0.2) is 17.5 Å². The van der Waals surface area contributed by atoms with Gasteiger partial charge in [0.05, 0.1) is 18.3 Å². The molecule has 2 aliphatic heterocycles. The molecule has 4 heteroatoms. The number of rotatable bonds is 5. The predicted octanol–water partition coefficient (Wildman–Crippen LogP) is 3.30. The van der Waals surface area contributed by atoms with Gasteiger partial charge in [-0.15, -0.1) is 11.3 Å². The Morgan fingerprint density at radius 1 is 1.43 bits per heavy atom. The first kappa shape index (κ1) is 14.2. The lowest BCUT2D eigenvalue weighted by molar-refractivity contribution is -0.0545. The summed E-state index contributed by atoms with van der Waals surface area (Å²) in [7, 11) is 0. The van der Waals surface area contributed by atoms with Gasteiger partial charge in [0.1, 0.15) is 0 Å². The monoisotopic (exact) mass is 307 g/mol. The highest BCUT2D eigenvalue weighted by Gasteiger charge is 2.44. The van der Waals surface area contributed by atoms with Crippen LogP contribution in [0.5, 0.6) is 0 Å². The SMILES string of the molecule is c1csc(CN2CCC[C@]3(C[C@@H](OCC4CC4)CO3)C2)c1. The molecule has 1 aliphatic carbocycles. The second-order valence-corrected chi connectivity index (χ2v) is 8.02. The predicted molar refractivity (Wildman–Crippen MR) is 84.6 cm³/mol. The molecule has 0 unspecified atom stereocenters. The smallest absolute Gasteiger partial charge is 0.0836 e. The highest BCUT2D eigenvalue weighted by molar-refractivity contribution is 7.09. The van der Waals surface area contributed by atoms with Crippen molar-refractivity contribution in [3.8, 4) is 0 Å². The molecule has 4 rings (SSSR count). The summed E-state index contributed by atoms with van der Waals surface area (Å²) in [5.74, 6) is 0.850. The van der Waals surface area contributed by atoms with E-state index in [1.165, 1.54) is 37.1 Å². The Morgan fingerprint density at radius 2 is 2.38 bits per heavy atom. The van der Waals surface area contributed by atoms with Crippen LogP contribution >= 0.6 is 11.3 Å². The molecule has 2 atom stereocenters. The van der Waals surface area contributed by atoms with Gasteiger partial charge >= 0.3 is 0 Å². The van der Waals surface area contributed by atoms with E-state index < -0.39 is 0 Å². The van der Waals surface area contributed by atoms with Crippen LogP contribution in [0.4, 0.5) is 0 Å². The number of hydrogen-bond acceptors (Lipinski definition) is 4. The fourth-order valence-electron chi connectivity index (χ4n) is 3.70. The van der Waals surface area contributed by atoms with Crippen molar-refractivity contribution in [3.63, 3.8) is 0 Å². The molecule has 21 heavy (non-hydrogen) atoms. The van der Waals surface area contributed by atoms with Crippen LogP contribution in [-0.2, 0) is 16.0 Å². The molecule has 3 nitrogen and oxygen atoms in total. The molecular formula is C17H25NO2S. The minimum absolute atomic E-state index is 0.0731. The van der Waals surface area contributed by atoms with E-state index in [0.717, 1.165) is 38.6 Å². The number of likely N-dealkylation sites (tertiary alicyclic amines) is 1. The first-order chi connectivity index (χ1) is 10.3. The summed E-state index contributed by atoms with van der Waals surface area (Å²) in [6.07, 6.45) is 6.63. The van der Waals surface area contributed by atoms with Crippen LogP contribution in [0, 0.1) is 5.92 Å². The van der Waals surface area contributed by atoms with Gasteiger partial charge in [0.2, 0.25) is 0 Å². The molecule has 1 saturated carbocycles. The third kappa shape index (κ3) is 3.50. The maximum absolute atomic E-state index is 6.23. The summed E-state index contributed by atoms with van der Waals surface area (Å²) in [5, 5.41) is 2.17. The first-order valence-electron chi connectivity index (χ1n) is 8.32. The van der Waals surface area contributed by atoms with Gasteiger partial charge in [0, 0.05) is 31.0 Å². The van der Waals surface area contributed by atoms with Gasteiger partial charge in [0.15, 0.2) is 0 Å². The second kappa shape index (κ2) is 5.99. The van der Waals surface area contributed by atoms with Gasteiger partial charge in [-0.1, -0.05) is 6.07 Å². The fourth-order valence-corrected chi connectivity index (χ4v) is 4.45. The van der Waals surface area contributed by atoms with Gasteiger partial charge in [-0.3, -0.25) is 4.90 Å². The van der Waals surface area contributed by atoms with E-state index in [9.17, 15) is 0 Å². The van der Waals surface area contributed by atoms with Gasteiger partial charge in [0.25, 0.3) is 0 Å². The Morgan fingerprint density at radius 3 is 3.19 bits per heavy atom. The summed E-state index contributed by atoms with van der Waals surface area (Å²) < 4.78 is 12.3. The zero-order valence-electron chi connectivity index (χ0n) is 12.6. The third-order valence-electron chi connectivity index (χ3n) is 5.02. The molecule has 3 aliphatic rings. The van der Waals surface area contributed by atoms with Crippen molar-refractivity contribution in [2.24, 2.45) is 5.92 Å². The van der Waals surface area contributed by atoms with Gasteiger partial charge in [-0.25, -0.2) is 0 Å². The maximum Gasteiger partial charge on any atom is 0.0836 e. The zero-order chi connectivity index (χ0) is 14.1. The largest absolute Gasteiger partial charge is 0.375 e. The lowest BCUT2D eigenvalue weighted by Gasteiger charge is -2.39. The maximum atomic E-state index is 6.23. The molecule has 0 bridgehead atoms. The zero-order valence-corrected chi connectivity index (χ0v) is 13.4. The number of hydrogen-bond donors (Lipinski definition) is 0. The van der Waals surface area contributed by atoms with Crippen LogP contribution in [0.25, 0.3) is 0 Å². The highest BCUT2D eigenvalue weighted by atomic mass is 32.1. The molecule has 1 spiro atoms. The van der Waals surface area contributed by atoms with Crippen molar-refractivity contribution in [1.82, 2.24) is 4.90 Å². The van der Waals surface area contributed by atoms with E-state index in [1.54, 1.807) is 0 Å². The minimum Gasteiger partial charge on any atom is -0.375 e. The van der Waals surface area contributed by atoms with Crippen molar-refractivity contribution in [3.05, 3.63) is 22.4 Å². The van der Waals surface area contributed by atoms with Gasteiger partial charge in [-0.05, 0) is 49.6 Å². The summed E-state index contributed by atoms with van der Waals surface area (Å²) in [4.78, 5) is 4.03. The molecule has 3 heterocycles. The van der Waals surface area contributed by atoms with Crippen molar-refractivity contribution >= 4 is 11.3 Å². The van der Waals surface area contributed by atoms with Crippen LogP contribution < -0.4 is 0 Å². The minimum atomic E-state index is 0.0731. The van der Waals surface area contributed by atoms with E-state index >= 15 is 0 Å². The Kier molecular flexibility index (Phi) is 4.05. The normalized spacial score (nSPS) is 33.8. The average Bonchev–Trinajstić information content (AvgIpc) is 3.04. The number of nitrogens with zero attached hydrogens (tertiary/aromatic N) is 1. The van der Waals surface area contributed by atoms with Crippen molar-refractivity contribution in [1.29, 1.82) is 0 Å². The van der Waals surface area contributed by atoms with Gasteiger partial charge in [-0.2, -0.15) is 0 Å². The third-order valence-corrected chi connectivity index (χ3v) is 5.88. The van der Waals surface area contributed by atoms with Crippen molar-refractivity contribution in [2.45, 2.75) is 50.4 Å². The van der Waals surface area contributed by atoms with Crippen LogP contribution in [0.2, 0.25) is 0 Å². The Labute approximate surface area is 131 Å². The number of piperidine rings is 1. The quantitative estimate of drug-likeness (QED) is 0.833. The summed E-state index contributed by atoms with van der Waals surface area (Å²) in [6, 6.07) is 4.39. The molecule has 1 aromatic rings. The molecular weight excluding hydrogens is 282 g/mol. The van der Waals surface area contributed by atoms with Crippen LogP contribution in [0.1, 0.15) is 37.0 Å². The van der Waals surface area contributed by atoms with Crippen molar-refractivity contribution < 1.29 is 9.47 Å². The first-order valence-corrected chi connectivity index (χ1v) is 9.20. The lowest BCUT2D eigenvalue weighted by atomic mass is 9.89. The molecule has 0 N–H and O–H groups in total. The summed E-state index contributed by atoms with van der Waals surface area (Å²) >= 11 is 1.86. The average molecular weight is 307 g/mol. The number of ether oxygens (including phenoxy) is 2. The standard InChI is InChI=1S/C17H25NO2S/c1-3-16(21-8-1)10-18-7-2-6-17(13-18)9-15(12-20-17)19-11-14-4-5-14/h1,3,8,14-15H,2,4-7,9-13H2/t15-,17+/m1/s1. The van der Waals surface area contributed by atoms with Crippen LogP contribution in [0.3, 0.4) is 0 Å². The Balaban J connectivity index is 1.31. The second-order valence-electron chi connectivity index (χ2n) is 6.99. The molecule has 1 aromatic heterocycles.